The zero-order valence-electron chi connectivity index (χ0n) is 5.53. The number of hydrogen-bond acceptors (Lipinski definition) is 4. The van der Waals surface area contributed by atoms with Crippen LogP contribution in [0, 0.1) is 0 Å². The van der Waals surface area contributed by atoms with E-state index in [1.54, 1.807) is 0 Å². The fraction of sp³-hybridized carbons (Fsp3) is 0.750. The van der Waals surface area contributed by atoms with Crippen LogP contribution in [0.1, 0.15) is 6.42 Å². The first-order valence-corrected chi connectivity index (χ1v) is 4.12. The molecule has 0 saturated carbocycles. The molecular weight excluding hydrogens is 181 g/mol. The molecule has 0 aliphatic heterocycles. The number of amides is 1. The summed E-state index contributed by atoms with van der Waals surface area (Å²) in [5.74, 6) is -1.00. The van der Waals surface area contributed by atoms with Crippen molar-refractivity contribution in [3.05, 3.63) is 0 Å². The van der Waals surface area contributed by atoms with Crippen molar-refractivity contribution < 1.29 is 17.4 Å². The van der Waals surface area contributed by atoms with Crippen molar-refractivity contribution >= 4 is 45.6 Å². The zero-order chi connectivity index (χ0) is 8.20. The van der Waals surface area contributed by atoms with Crippen LogP contribution in [0.25, 0.3) is 0 Å². The molecule has 0 saturated heterocycles. The SMILES string of the molecule is COS(=O)(=O)CCC(N)=O.[NaH]. The van der Waals surface area contributed by atoms with E-state index in [1.165, 1.54) is 0 Å². The molecule has 11 heavy (non-hydrogen) atoms. The quantitative estimate of drug-likeness (QED) is 0.419. The van der Waals surface area contributed by atoms with Crippen LogP contribution in [0.15, 0.2) is 0 Å². The van der Waals surface area contributed by atoms with Gasteiger partial charge in [-0.05, 0) is 0 Å². The molecule has 5 nitrogen and oxygen atoms in total. The number of rotatable bonds is 4. The third-order valence-corrected chi connectivity index (χ3v) is 2.06. The van der Waals surface area contributed by atoms with E-state index < -0.39 is 16.0 Å². The van der Waals surface area contributed by atoms with Crippen molar-refractivity contribution in [2.75, 3.05) is 12.9 Å². The van der Waals surface area contributed by atoms with E-state index in [0.29, 0.717) is 0 Å². The predicted octanol–water partition coefficient (Wildman–Crippen LogP) is -1.81. The molecule has 0 radical (unpaired) electrons. The van der Waals surface area contributed by atoms with Crippen LogP contribution in [0.4, 0.5) is 0 Å². The molecule has 0 rings (SSSR count). The number of nitrogens with two attached hydrogens (primary N) is 1. The molecule has 0 aromatic heterocycles. The molecule has 0 spiro atoms. The zero-order valence-corrected chi connectivity index (χ0v) is 6.35. The second kappa shape index (κ2) is 5.96. The molecule has 0 bridgehead atoms. The van der Waals surface area contributed by atoms with Crippen LogP contribution in [-0.4, -0.2) is 56.7 Å². The fourth-order valence-corrected chi connectivity index (χ4v) is 0.927. The topological polar surface area (TPSA) is 86.5 Å². The van der Waals surface area contributed by atoms with Gasteiger partial charge in [-0.3, -0.25) is 8.98 Å². The van der Waals surface area contributed by atoms with Crippen LogP contribution in [0.2, 0.25) is 0 Å². The Bertz CT molecular complexity index is 212. The average Bonchev–Trinajstić information content (AvgIpc) is 1.85. The van der Waals surface area contributed by atoms with Gasteiger partial charge in [-0.15, -0.1) is 0 Å². The summed E-state index contributed by atoms with van der Waals surface area (Å²) in [6.45, 7) is 0. The Labute approximate surface area is 87.7 Å². The molecule has 0 aliphatic rings. The molecule has 0 unspecified atom stereocenters. The van der Waals surface area contributed by atoms with Crippen LogP contribution in [-0.2, 0) is 19.1 Å². The Hall–Kier alpha value is 0.380. The predicted molar refractivity (Wildman–Crippen MR) is 41.8 cm³/mol. The van der Waals surface area contributed by atoms with Gasteiger partial charge in [-0.25, -0.2) is 0 Å². The number of hydrogen-bond donors (Lipinski definition) is 1. The van der Waals surface area contributed by atoms with Gasteiger partial charge in [0.15, 0.2) is 0 Å². The molecule has 0 aliphatic carbocycles. The Morgan fingerprint density at radius 3 is 2.27 bits per heavy atom. The number of carbonyl (C=O) groups is 1. The Morgan fingerprint density at radius 2 is 2.00 bits per heavy atom. The van der Waals surface area contributed by atoms with Gasteiger partial charge in [0.25, 0.3) is 10.1 Å². The molecular formula is C4H10NNaO4S. The second-order valence-corrected chi connectivity index (χ2v) is 3.50. The van der Waals surface area contributed by atoms with Gasteiger partial charge in [-0.1, -0.05) is 0 Å². The summed E-state index contributed by atoms with van der Waals surface area (Å²) in [5.41, 5.74) is 4.70. The summed E-state index contributed by atoms with van der Waals surface area (Å²) in [7, 11) is -2.48. The Morgan fingerprint density at radius 1 is 1.55 bits per heavy atom. The van der Waals surface area contributed by atoms with Crippen molar-refractivity contribution in [3.8, 4) is 0 Å². The van der Waals surface area contributed by atoms with E-state index in [-0.39, 0.29) is 41.7 Å². The fourth-order valence-electron chi connectivity index (χ4n) is 0.309. The average molecular weight is 191 g/mol. The van der Waals surface area contributed by atoms with Gasteiger partial charge in [0.05, 0.1) is 12.9 Å². The maximum absolute atomic E-state index is 10.5. The third-order valence-electron chi connectivity index (χ3n) is 0.852. The summed E-state index contributed by atoms with van der Waals surface area (Å²) in [6.07, 6.45) is -0.198. The van der Waals surface area contributed by atoms with Gasteiger partial charge < -0.3 is 5.73 Å². The summed E-state index contributed by atoms with van der Waals surface area (Å²) in [4.78, 5) is 10.1. The van der Waals surface area contributed by atoms with E-state index in [1.807, 2.05) is 0 Å². The summed E-state index contributed by atoms with van der Waals surface area (Å²) >= 11 is 0. The summed E-state index contributed by atoms with van der Waals surface area (Å²) in [5, 5.41) is 0. The minimum atomic E-state index is -3.52. The molecule has 0 atom stereocenters. The Kier molecular flexibility index (Phi) is 7.55. The molecule has 0 heterocycles. The third kappa shape index (κ3) is 8.28. The van der Waals surface area contributed by atoms with Gasteiger partial charge in [0.1, 0.15) is 0 Å². The minimum absolute atomic E-state index is 0. The first kappa shape index (κ1) is 13.9. The Balaban J connectivity index is 0. The molecule has 7 heteroatoms. The first-order chi connectivity index (χ1) is 4.48. The van der Waals surface area contributed by atoms with Crippen LogP contribution in [0.5, 0.6) is 0 Å². The molecule has 0 aromatic carbocycles. The van der Waals surface area contributed by atoms with Gasteiger partial charge in [0.2, 0.25) is 5.91 Å². The molecule has 62 valence electrons. The maximum atomic E-state index is 10.5. The van der Waals surface area contributed by atoms with E-state index in [0.717, 1.165) is 7.11 Å². The van der Waals surface area contributed by atoms with Crippen molar-refractivity contribution in [3.63, 3.8) is 0 Å². The second-order valence-electron chi connectivity index (χ2n) is 1.64. The monoisotopic (exact) mass is 191 g/mol. The van der Waals surface area contributed by atoms with Gasteiger partial charge >= 0.3 is 29.6 Å². The van der Waals surface area contributed by atoms with Crippen molar-refractivity contribution in [1.82, 2.24) is 0 Å². The van der Waals surface area contributed by atoms with Crippen molar-refractivity contribution in [2.45, 2.75) is 6.42 Å². The van der Waals surface area contributed by atoms with Crippen LogP contribution >= 0.6 is 0 Å². The van der Waals surface area contributed by atoms with E-state index >= 15 is 0 Å². The number of carbonyl (C=O) groups excluding carboxylic acids is 1. The molecule has 1 amide bonds. The summed E-state index contributed by atoms with van der Waals surface area (Å²) in [6, 6.07) is 0. The van der Waals surface area contributed by atoms with Gasteiger partial charge in [0, 0.05) is 6.42 Å². The van der Waals surface area contributed by atoms with Crippen LogP contribution in [0.3, 0.4) is 0 Å². The van der Waals surface area contributed by atoms with Crippen molar-refractivity contribution in [1.29, 1.82) is 0 Å². The van der Waals surface area contributed by atoms with E-state index in [2.05, 4.69) is 4.18 Å². The molecule has 0 aromatic rings. The van der Waals surface area contributed by atoms with E-state index in [9.17, 15) is 13.2 Å². The van der Waals surface area contributed by atoms with Gasteiger partial charge in [-0.2, -0.15) is 8.42 Å². The molecule has 2 N–H and O–H groups in total. The first-order valence-electron chi connectivity index (χ1n) is 2.54. The normalized spacial score (nSPS) is 10.3. The standard InChI is InChI=1S/C4H9NO4S.Na.H/c1-9-10(7,8)3-2-4(5)6;;/h2-3H2,1H3,(H2,5,6);;. The van der Waals surface area contributed by atoms with Crippen molar-refractivity contribution in [2.24, 2.45) is 5.73 Å². The van der Waals surface area contributed by atoms with Crippen LogP contribution < -0.4 is 5.73 Å². The summed E-state index contributed by atoms with van der Waals surface area (Å²) < 4.78 is 25.0. The van der Waals surface area contributed by atoms with E-state index in [4.69, 9.17) is 5.73 Å². The molecule has 0 fully saturated rings. The number of primary amides is 1.